The van der Waals surface area contributed by atoms with Crippen molar-refractivity contribution < 1.29 is 4.74 Å². The Kier molecular flexibility index (Phi) is 4.23. The third-order valence-electron chi connectivity index (χ3n) is 5.12. The Bertz CT molecular complexity index is 1120. The minimum Gasteiger partial charge on any atom is -0.379 e. The first-order valence-corrected chi connectivity index (χ1v) is 9.62. The number of pyridine rings is 1. The van der Waals surface area contributed by atoms with E-state index in [9.17, 15) is 0 Å². The van der Waals surface area contributed by atoms with Gasteiger partial charge >= 0.3 is 0 Å². The van der Waals surface area contributed by atoms with E-state index >= 15 is 0 Å². The van der Waals surface area contributed by atoms with Crippen LogP contribution in [0.4, 0.5) is 5.82 Å². The number of nitrogens with one attached hydrogen (secondary N) is 1. The maximum absolute atomic E-state index is 6.18. The normalized spacial score (nSPS) is 17.0. The van der Waals surface area contributed by atoms with Gasteiger partial charge in [0.25, 0.3) is 0 Å². The van der Waals surface area contributed by atoms with Gasteiger partial charge in [0.15, 0.2) is 0 Å². The quantitative estimate of drug-likeness (QED) is 0.538. The van der Waals surface area contributed by atoms with Crippen LogP contribution in [0.5, 0.6) is 0 Å². The van der Waals surface area contributed by atoms with Crippen molar-refractivity contribution >= 4 is 39.2 Å². The second kappa shape index (κ2) is 6.87. The molecule has 136 valence electrons. The van der Waals surface area contributed by atoms with Gasteiger partial charge in [-0.05, 0) is 36.2 Å². The molecule has 1 aliphatic rings. The van der Waals surface area contributed by atoms with Crippen LogP contribution in [-0.2, 0) is 11.3 Å². The number of hydrogen-bond acceptors (Lipinski definition) is 3. The van der Waals surface area contributed by atoms with Crippen molar-refractivity contribution in [1.82, 2.24) is 9.55 Å². The molecule has 3 heterocycles. The average Bonchev–Trinajstić information content (AvgIpc) is 3.32. The Morgan fingerprint density at radius 3 is 2.89 bits per heavy atom. The third kappa shape index (κ3) is 3.15. The van der Waals surface area contributed by atoms with Gasteiger partial charge in [0.05, 0.1) is 23.7 Å². The first-order chi connectivity index (χ1) is 13.3. The Labute approximate surface area is 162 Å². The molecule has 5 rings (SSSR count). The van der Waals surface area contributed by atoms with E-state index in [1.807, 2.05) is 24.3 Å². The standard InChI is InChI=1S/C22H20ClN3O/c23-16-5-3-4-15(12-16)13-26-10-8-19-21(26)18-6-1-2-7-20(18)25-22(19)24-17-9-11-27-14-17/h1-8,10,12,17H,9,11,13-14H2,(H,24,25)/t17-/m0/s1. The van der Waals surface area contributed by atoms with Crippen LogP contribution in [0.15, 0.2) is 60.8 Å². The lowest BCUT2D eigenvalue weighted by atomic mass is 10.1. The number of fused-ring (bicyclic) bond motifs is 3. The molecule has 4 aromatic rings. The molecule has 27 heavy (non-hydrogen) atoms. The third-order valence-corrected chi connectivity index (χ3v) is 5.36. The average molecular weight is 378 g/mol. The van der Waals surface area contributed by atoms with Crippen LogP contribution in [0.3, 0.4) is 0 Å². The molecular weight excluding hydrogens is 358 g/mol. The van der Waals surface area contributed by atoms with E-state index in [1.54, 1.807) is 0 Å². The first-order valence-electron chi connectivity index (χ1n) is 9.24. The van der Waals surface area contributed by atoms with Crippen molar-refractivity contribution in [3.8, 4) is 0 Å². The molecule has 1 atom stereocenters. The lowest BCUT2D eigenvalue weighted by Gasteiger charge is -2.15. The lowest BCUT2D eigenvalue weighted by molar-refractivity contribution is 0.195. The predicted molar refractivity (Wildman–Crippen MR) is 111 cm³/mol. The summed E-state index contributed by atoms with van der Waals surface area (Å²) >= 11 is 6.18. The maximum atomic E-state index is 6.18. The zero-order chi connectivity index (χ0) is 18.2. The van der Waals surface area contributed by atoms with E-state index in [2.05, 4.69) is 46.4 Å². The molecule has 1 fully saturated rings. The minimum absolute atomic E-state index is 0.318. The zero-order valence-corrected chi connectivity index (χ0v) is 15.6. The fraction of sp³-hybridized carbons (Fsp3) is 0.227. The molecule has 0 bridgehead atoms. The van der Waals surface area contributed by atoms with Crippen LogP contribution in [0.25, 0.3) is 21.8 Å². The van der Waals surface area contributed by atoms with Gasteiger partial charge in [-0.25, -0.2) is 4.98 Å². The minimum atomic E-state index is 0.318. The van der Waals surface area contributed by atoms with Gasteiger partial charge in [-0.15, -0.1) is 0 Å². The zero-order valence-electron chi connectivity index (χ0n) is 14.9. The molecule has 0 amide bonds. The van der Waals surface area contributed by atoms with Gasteiger partial charge in [0, 0.05) is 35.1 Å². The Balaban J connectivity index is 1.65. The summed E-state index contributed by atoms with van der Waals surface area (Å²) in [7, 11) is 0. The van der Waals surface area contributed by atoms with Gasteiger partial charge < -0.3 is 14.6 Å². The number of rotatable bonds is 4. The number of hydrogen-bond donors (Lipinski definition) is 1. The first kappa shape index (κ1) is 16.6. The highest BCUT2D eigenvalue weighted by Gasteiger charge is 2.19. The fourth-order valence-electron chi connectivity index (χ4n) is 3.83. The Morgan fingerprint density at radius 1 is 1.11 bits per heavy atom. The number of benzene rings is 2. The summed E-state index contributed by atoms with van der Waals surface area (Å²) < 4.78 is 7.80. The summed E-state index contributed by atoms with van der Waals surface area (Å²) in [6, 6.07) is 18.8. The second-order valence-electron chi connectivity index (χ2n) is 7.02. The SMILES string of the molecule is Clc1cccc(Cn2ccc3c(N[C@H]4CCOC4)nc4ccccc4c32)c1. The molecule has 0 aliphatic carbocycles. The number of anilines is 1. The van der Waals surface area contributed by atoms with Crippen LogP contribution in [0, 0.1) is 0 Å². The van der Waals surface area contributed by atoms with Crippen molar-refractivity contribution in [2.75, 3.05) is 18.5 Å². The summed E-state index contributed by atoms with van der Waals surface area (Å²) in [4.78, 5) is 4.90. The second-order valence-corrected chi connectivity index (χ2v) is 7.45. The molecule has 1 N–H and O–H groups in total. The molecular formula is C22H20ClN3O. The van der Waals surface area contributed by atoms with Gasteiger partial charge in [0.2, 0.25) is 0 Å². The Hall–Kier alpha value is -2.56. The van der Waals surface area contributed by atoms with Crippen LogP contribution in [0.1, 0.15) is 12.0 Å². The van der Waals surface area contributed by atoms with Gasteiger partial charge in [-0.2, -0.15) is 0 Å². The number of aromatic nitrogens is 2. The van der Waals surface area contributed by atoms with E-state index in [1.165, 1.54) is 11.1 Å². The van der Waals surface area contributed by atoms with Crippen molar-refractivity contribution in [2.24, 2.45) is 0 Å². The Morgan fingerprint density at radius 2 is 2.04 bits per heavy atom. The molecule has 1 saturated heterocycles. The molecule has 0 spiro atoms. The highest BCUT2D eigenvalue weighted by atomic mass is 35.5. The smallest absolute Gasteiger partial charge is 0.136 e. The van der Waals surface area contributed by atoms with Crippen LogP contribution < -0.4 is 5.32 Å². The van der Waals surface area contributed by atoms with Gasteiger partial charge in [0.1, 0.15) is 5.82 Å². The molecule has 2 aromatic carbocycles. The summed E-state index contributed by atoms with van der Waals surface area (Å²) in [5.41, 5.74) is 3.37. The molecule has 0 radical (unpaired) electrons. The van der Waals surface area contributed by atoms with Gasteiger partial charge in [-0.1, -0.05) is 41.9 Å². The molecule has 5 heteroatoms. The van der Waals surface area contributed by atoms with Crippen LogP contribution in [-0.4, -0.2) is 28.8 Å². The number of halogens is 1. The number of ether oxygens (including phenoxy) is 1. The topological polar surface area (TPSA) is 39.1 Å². The summed E-state index contributed by atoms with van der Waals surface area (Å²) in [5, 5.41) is 6.66. The van der Waals surface area contributed by atoms with Crippen molar-refractivity contribution in [2.45, 2.75) is 19.0 Å². The molecule has 4 nitrogen and oxygen atoms in total. The number of nitrogens with zero attached hydrogens (tertiary/aromatic N) is 2. The van der Waals surface area contributed by atoms with E-state index in [-0.39, 0.29) is 0 Å². The van der Waals surface area contributed by atoms with E-state index in [0.29, 0.717) is 6.04 Å². The monoisotopic (exact) mass is 377 g/mol. The largest absolute Gasteiger partial charge is 0.379 e. The van der Waals surface area contributed by atoms with Crippen LogP contribution in [0.2, 0.25) is 5.02 Å². The van der Waals surface area contributed by atoms with E-state index in [0.717, 1.165) is 53.3 Å². The van der Waals surface area contributed by atoms with Crippen molar-refractivity contribution in [1.29, 1.82) is 0 Å². The molecule has 0 saturated carbocycles. The molecule has 1 aliphatic heterocycles. The predicted octanol–water partition coefficient (Wildman–Crippen LogP) is 5.09. The highest BCUT2D eigenvalue weighted by Crippen LogP contribution is 2.32. The van der Waals surface area contributed by atoms with Crippen molar-refractivity contribution in [3.05, 3.63) is 71.4 Å². The van der Waals surface area contributed by atoms with Gasteiger partial charge in [-0.3, -0.25) is 0 Å². The molecule has 2 aromatic heterocycles. The van der Waals surface area contributed by atoms with E-state index in [4.69, 9.17) is 21.3 Å². The summed E-state index contributed by atoms with van der Waals surface area (Å²) in [6.07, 6.45) is 3.15. The fourth-order valence-corrected chi connectivity index (χ4v) is 4.04. The highest BCUT2D eigenvalue weighted by molar-refractivity contribution is 6.30. The summed E-state index contributed by atoms with van der Waals surface area (Å²) in [5.74, 6) is 0.934. The van der Waals surface area contributed by atoms with E-state index < -0.39 is 0 Å². The molecule has 0 unspecified atom stereocenters. The van der Waals surface area contributed by atoms with Crippen molar-refractivity contribution in [3.63, 3.8) is 0 Å². The lowest BCUT2D eigenvalue weighted by Crippen LogP contribution is -2.19. The maximum Gasteiger partial charge on any atom is 0.136 e. The summed E-state index contributed by atoms with van der Waals surface area (Å²) in [6.45, 7) is 2.31. The van der Waals surface area contributed by atoms with Crippen LogP contribution >= 0.6 is 11.6 Å². The number of para-hydroxylation sites is 1.